The summed E-state index contributed by atoms with van der Waals surface area (Å²) in [6.07, 6.45) is 5.61. The summed E-state index contributed by atoms with van der Waals surface area (Å²) in [6, 6.07) is 14.1. The van der Waals surface area contributed by atoms with Gasteiger partial charge in [-0.1, -0.05) is 24.6 Å². The van der Waals surface area contributed by atoms with Gasteiger partial charge < -0.3 is 4.74 Å². The van der Waals surface area contributed by atoms with Gasteiger partial charge in [-0.25, -0.2) is 15.0 Å². The lowest BCUT2D eigenvalue weighted by atomic mass is 9.99. The molecule has 4 nitrogen and oxygen atoms in total. The van der Waals surface area contributed by atoms with Crippen molar-refractivity contribution in [3.63, 3.8) is 0 Å². The molecule has 0 fully saturated rings. The average molecular weight is 345 g/mol. The lowest BCUT2D eigenvalue weighted by Gasteiger charge is -2.15. The first-order valence-corrected chi connectivity index (χ1v) is 9.23. The molecule has 26 heavy (non-hydrogen) atoms. The van der Waals surface area contributed by atoms with Crippen LogP contribution in [0.1, 0.15) is 36.2 Å². The van der Waals surface area contributed by atoms with E-state index in [0.717, 1.165) is 46.9 Å². The number of benzene rings is 1. The normalized spacial score (nSPS) is 13.8. The van der Waals surface area contributed by atoms with E-state index >= 15 is 0 Å². The Morgan fingerprint density at radius 2 is 1.69 bits per heavy atom. The van der Waals surface area contributed by atoms with Crippen molar-refractivity contribution in [2.24, 2.45) is 0 Å². The molecule has 1 aliphatic rings. The number of nitrogens with zero attached hydrogens (tertiary/aromatic N) is 3. The summed E-state index contributed by atoms with van der Waals surface area (Å²) in [7, 11) is 1.71. The van der Waals surface area contributed by atoms with Crippen LogP contribution in [0.4, 0.5) is 0 Å². The molecule has 0 spiro atoms. The number of pyridine rings is 1. The predicted octanol–water partition coefficient (Wildman–Crippen LogP) is 4.79. The predicted molar refractivity (Wildman–Crippen MR) is 103 cm³/mol. The van der Waals surface area contributed by atoms with E-state index in [1.807, 2.05) is 43.3 Å². The number of hydrogen-bond acceptors (Lipinski definition) is 4. The van der Waals surface area contributed by atoms with Crippen LogP contribution in [0.5, 0.6) is 5.75 Å². The molecular formula is C22H23N3O. The lowest BCUT2D eigenvalue weighted by molar-refractivity contribution is 0.416. The van der Waals surface area contributed by atoms with Crippen LogP contribution in [0.25, 0.3) is 22.8 Å². The van der Waals surface area contributed by atoms with E-state index in [0.29, 0.717) is 5.82 Å². The molecule has 132 valence electrons. The standard InChI is InChI=1S/C22H23N3O/c1-15-9-8-13-19(23-15)22-24-18-12-5-3-4-10-16(18)21(25-22)17-11-6-7-14-20(17)26-2/h6-9,11,13-14H,3-5,10,12H2,1-2H3. The zero-order chi connectivity index (χ0) is 17.9. The summed E-state index contributed by atoms with van der Waals surface area (Å²) >= 11 is 0. The molecule has 1 aliphatic carbocycles. The van der Waals surface area contributed by atoms with E-state index in [1.54, 1.807) is 7.11 Å². The second-order valence-corrected chi connectivity index (χ2v) is 6.75. The van der Waals surface area contributed by atoms with Gasteiger partial charge in [-0.3, -0.25) is 0 Å². The van der Waals surface area contributed by atoms with Crippen molar-refractivity contribution in [1.29, 1.82) is 0 Å². The Bertz CT molecular complexity index is 936. The molecular weight excluding hydrogens is 322 g/mol. The Labute approximate surface area is 154 Å². The fraction of sp³-hybridized carbons (Fsp3) is 0.318. The van der Waals surface area contributed by atoms with Crippen LogP contribution in [0, 0.1) is 6.92 Å². The molecule has 0 amide bonds. The van der Waals surface area contributed by atoms with Crippen molar-refractivity contribution in [3.8, 4) is 28.5 Å². The highest BCUT2D eigenvalue weighted by atomic mass is 16.5. The van der Waals surface area contributed by atoms with Gasteiger partial charge in [0.2, 0.25) is 0 Å². The minimum atomic E-state index is 0.704. The topological polar surface area (TPSA) is 47.9 Å². The third-order valence-corrected chi connectivity index (χ3v) is 4.91. The summed E-state index contributed by atoms with van der Waals surface area (Å²) in [5.41, 5.74) is 6.25. The average Bonchev–Trinajstić information content (AvgIpc) is 2.92. The first kappa shape index (κ1) is 16.7. The number of fused-ring (bicyclic) bond motifs is 1. The van der Waals surface area contributed by atoms with Gasteiger partial charge in [0, 0.05) is 22.5 Å². The van der Waals surface area contributed by atoms with Crippen LogP contribution >= 0.6 is 0 Å². The Morgan fingerprint density at radius 3 is 2.54 bits per heavy atom. The first-order valence-electron chi connectivity index (χ1n) is 9.23. The minimum Gasteiger partial charge on any atom is -0.496 e. The lowest BCUT2D eigenvalue weighted by Crippen LogP contribution is -2.06. The summed E-state index contributed by atoms with van der Waals surface area (Å²) < 4.78 is 5.61. The summed E-state index contributed by atoms with van der Waals surface area (Å²) in [4.78, 5) is 14.5. The Balaban J connectivity index is 1.95. The van der Waals surface area contributed by atoms with Gasteiger partial charge in [0.15, 0.2) is 5.82 Å². The van der Waals surface area contributed by atoms with Gasteiger partial charge in [-0.15, -0.1) is 0 Å². The molecule has 3 aromatic rings. The van der Waals surface area contributed by atoms with Gasteiger partial charge in [0.05, 0.1) is 12.8 Å². The Kier molecular flexibility index (Phi) is 4.65. The zero-order valence-corrected chi connectivity index (χ0v) is 15.3. The third-order valence-electron chi connectivity index (χ3n) is 4.91. The van der Waals surface area contributed by atoms with Gasteiger partial charge in [0.1, 0.15) is 11.4 Å². The monoisotopic (exact) mass is 345 g/mol. The van der Waals surface area contributed by atoms with E-state index in [9.17, 15) is 0 Å². The molecule has 2 aromatic heterocycles. The highest BCUT2D eigenvalue weighted by Crippen LogP contribution is 2.35. The van der Waals surface area contributed by atoms with Crippen molar-refractivity contribution in [1.82, 2.24) is 15.0 Å². The number of methoxy groups -OCH3 is 1. The van der Waals surface area contributed by atoms with Crippen LogP contribution < -0.4 is 4.74 Å². The third kappa shape index (κ3) is 3.19. The number of aryl methyl sites for hydroxylation is 2. The molecule has 4 rings (SSSR count). The van der Waals surface area contributed by atoms with Crippen LogP contribution in [0.2, 0.25) is 0 Å². The van der Waals surface area contributed by atoms with Crippen molar-refractivity contribution in [2.45, 2.75) is 39.0 Å². The molecule has 4 heteroatoms. The molecule has 0 saturated carbocycles. The molecule has 0 aliphatic heterocycles. The minimum absolute atomic E-state index is 0.704. The number of ether oxygens (including phenoxy) is 1. The first-order chi connectivity index (χ1) is 12.8. The maximum atomic E-state index is 5.61. The molecule has 0 atom stereocenters. The fourth-order valence-corrected chi connectivity index (χ4v) is 3.62. The SMILES string of the molecule is COc1ccccc1-c1nc(-c2cccc(C)n2)nc2c1CCCCC2. The Morgan fingerprint density at radius 1 is 0.846 bits per heavy atom. The summed E-state index contributed by atoms with van der Waals surface area (Å²) in [6.45, 7) is 1.99. The van der Waals surface area contributed by atoms with E-state index < -0.39 is 0 Å². The van der Waals surface area contributed by atoms with Crippen molar-refractivity contribution >= 4 is 0 Å². The zero-order valence-electron chi connectivity index (χ0n) is 15.3. The number of rotatable bonds is 3. The molecule has 2 heterocycles. The second-order valence-electron chi connectivity index (χ2n) is 6.75. The van der Waals surface area contributed by atoms with Crippen molar-refractivity contribution < 1.29 is 4.74 Å². The van der Waals surface area contributed by atoms with E-state index in [2.05, 4.69) is 11.1 Å². The molecule has 0 unspecified atom stereocenters. The Hall–Kier alpha value is -2.75. The van der Waals surface area contributed by atoms with Gasteiger partial charge in [-0.05, 0) is 56.9 Å². The molecule has 1 aromatic carbocycles. The van der Waals surface area contributed by atoms with E-state index in [-0.39, 0.29) is 0 Å². The summed E-state index contributed by atoms with van der Waals surface area (Å²) in [5, 5.41) is 0. The smallest absolute Gasteiger partial charge is 0.178 e. The largest absolute Gasteiger partial charge is 0.496 e. The molecule has 0 bridgehead atoms. The van der Waals surface area contributed by atoms with Crippen molar-refractivity contribution in [2.75, 3.05) is 7.11 Å². The number of hydrogen-bond donors (Lipinski definition) is 0. The van der Waals surface area contributed by atoms with E-state index in [4.69, 9.17) is 14.7 Å². The number of para-hydroxylation sites is 1. The van der Waals surface area contributed by atoms with Crippen LogP contribution in [0.3, 0.4) is 0 Å². The summed E-state index contributed by atoms with van der Waals surface area (Å²) in [5.74, 6) is 1.55. The number of aromatic nitrogens is 3. The maximum Gasteiger partial charge on any atom is 0.178 e. The molecule has 0 saturated heterocycles. The van der Waals surface area contributed by atoms with Crippen LogP contribution in [0.15, 0.2) is 42.5 Å². The van der Waals surface area contributed by atoms with Gasteiger partial charge >= 0.3 is 0 Å². The van der Waals surface area contributed by atoms with Crippen molar-refractivity contribution in [3.05, 3.63) is 59.4 Å². The maximum absolute atomic E-state index is 5.61. The highest BCUT2D eigenvalue weighted by Gasteiger charge is 2.21. The second kappa shape index (κ2) is 7.24. The van der Waals surface area contributed by atoms with Crippen LogP contribution in [-0.4, -0.2) is 22.1 Å². The fourth-order valence-electron chi connectivity index (χ4n) is 3.62. The highest BCUT2D eigenvalue weighted by molar-refractivity contribution is 5.72. The van der Waals surface area contributed by atoms with E-state index in [1.165, 1.54) is 24.8 Å². The van der Waals surface area contributed by atoms with Gasteiger partial charge in [0.25, 0.3) is 0 Å². The van der Waals surface area contributed by atoms with Gasteiger partial charge in [-0.2, -0.15) is 0 Å². The quantitative estimate of drug-likeness (QED) is 0.640. The van der Waals surface area contributed by atoms with Crippen LogP contribution in [-0.2, 0) is 12.8 Å². The molecule has 0 radical (unpaired) electrons. The molecule has 0 N–H and O–H groups in total.